The molecule has 0 saturated carbocycles. The molecule has 0 radical (unpaired) electrons. The summed E-state index contributed by atoms with van der Waals surface area (Å²) in [6.45, 7) is -3.08. The van der Waals surface area contributed by atoms with Gasteiger partial charge in [-0.1, -0.05) is 6.07 Å². The van der Waals surface area contributed by atoms with E-state index in [2.05, 4.69) is 4.74 Å². The van der Waals surface area contributed by atoms with Crippen LogP contribution in [0.1, 0.15) is 0 Å². The van der Waals surface area contributed by atoms with Gasteiger partial charge in [-0.15, -0.1) is 11.3 Å². The van der Waals surface area contributed by atoms with Gasteiger partial charge in [0.1, 0.15) is 9.96 Å². The van der Waals surface area contributed by atoms with Crippen molar-refractivity contribution in [2.24, 2.45) is 0 Å². The Balaban J connectivity index is 2.22. The molecule has 0 aliphatic heterocycles. The molecule has 0 bridgehead atoms. The van der Waals surface area contributed by atoms with Gasteiger partial charge in [-0.25, -0.2) is 12.8 Å². The van der Waals surface area contributed by atoms with Gasteiger partial charge in [-0.3, -0.25) is 4.72 Å². The topological polar surface area (TPSA) is 55.4 Å². The second-order valence-corrected chi connectivity index (χ2v) is 6.41. The first-order valence-corrected chi connectivity index (χ1v) is 7.55. The fourth-order valence-corrected chi connectivity index (χ4v) is 3.43. The predicted octanol–water partition coefficient (Wildman–Crippen LogP) is 3.29. The zero-order valence-corrected chi connectivity index (χ0v) is 11.3. The van der Waals surface area contributed by atoms with Gasteiger partial charge in [-0.2, -0.15) is 8.78 Å². The molecule has 1 aromatic carbocycles. The fraction of sp³-hybridized carbons (Fsp3) is 0.0909. The molecule has 1 N–H and O–H groups in total. The molecule has 0 spiro atoms. The van der Waals surface area contributed by atoms with Crippen LogP contribution < -0.4 is 9.46 Å². The maximum atomic E-state index is 13.6. The third-order valence-electron chi connectivity index (χ3n) is 2.17. The summed E-state index contributed by atoms with van der Waals surface area (Å²) in [5, 5.41) is 1.56. The summed E-state index contributed by atoms with van der Waals surface area (Å²) in [5.41, 5.74) is -0.347. The summed E-state index contributed by atoms with van der Waals surface area (Å²) in [5.74, 6) is -1.40. The number of anilines is 1. The van der Waals surface area contributed by atoms with Gasteiger partial charge in [0.15, 0.2) is 5.82 Å². The van der Waals surface area contributed by atoms with E-state index in [0.717, 1.165) is 23.5 Å². The Morgan fingerprint density at radius 2 is 2.00 bits per heavy atom. The number of alkyl halides is 2. The lowest BCUT2D eigenvalue weighted by atomic mass is 10.3. The van der Waals surface area contributed by atoms with Gasteiger partial charge in [0, 0.05) is 6.07 Å². The molecule has 108 valence electrons. The minimum absolute atomic E-state index is 0.0183. The van der Waals surface area contributed by atoms with E-state index < -0.39 is 28.2 Å². The highest BCUT2D eigenvalue weighted by Gasteiger charge is 2.18. The third kappa shape index (κ3) is 3.42. The quantitative estimate of drug-likeness (QED) is 0.918. The number of ether oxygens (including phenoxy) is 1. The van der Waals surface area contributed by atoms with Crippen LogP contribution >= 0.6 is 11.3 Å². The average molecular weight is 323 g/mol. The van der Waals surface area contributed by atoms with Crippen molar-refractivity contribution in [3.63, 3.8) is 0 Å². The molecule has 0 saturated heterocycles. The van der Waals surface area contributed by atoms with Crippen LogP contribution in [0.15, 0.2) is 39.9 Å². The van der Waals surface area contributed by atoms with Crippen molar-refractivity contribution in [3.8, 4) is 5.75 Å². The first-order valence-electron chi connectivity index (χ1n) is 5.19. The normalized spacial score (nSPS) is 11.6. The van der Waals surface area contributed by atoms with Crippen LogP contribution in [0.4, 0.5) is 18.9 Å². The van der Waals surface area contributed by atoms with E-state index in [1.54, 1.807) is 5.38 Å². The van der Waals surface area contributed by atoms with Crippen LogP contribution in [0.3, 0.4) is 0 Å². The Kier molecular flexibility index (Phi) is 4.19. The van der Waals surface area contributed by atoms with E-state index in [9.17, 15) is 21.6 Å². The fourth-order valence-electron chi connectivity index (χ4n) is 1.37. The van der Waals surface area contributed by atoms with Gasteiger partial charge >= 0.3 is 6.61 Å². The summed E-state index contributed by atoms with van der Waals surface area (Å²) in [7, 11) is -3.89. The van der Waals surface area contributed by atoms with E-state index >= 15 is 0 Å². The number of hydrogen-bond acceptors (Lipinski definition) is 4. The maximum absolute atomic E-state index is 13.6. The maximum Gasteiger partial charge on any atom is 0.387 e. The number of benzene rings is 1. The molecule has 0 fully saturated rings. The van der Waals surface area contributed by atoms with Crippen LogP contribution in [0, 0.1) is 5.82 Å². The molecule has 0 atom stereocenters. The number of hydrogen-bond donors (Lipinski definition) is 1. The average Bonchev–Trinajstić information content (AvgIpc) is 2.86. The molecule has 1 aromatic heterocycles. The van der Waals surface area contributed by atoms with E-state index in [4.69, 9.17) is 0 Å². The zero-order valence-electron chi connectivity index (χ0n) is 9.72. The van der Waals surface area contributed by atoms with Crippen molar-refractivity contribution in [2.45, 2.75) is 10.8 Å². The first-order chi connectivity index (χ1) is 9.38. The lowest BCUT2D eigenvalue weighted by Gasteiger charge is -2.09. The summed E-state index contributed by atoms with van der Waals surface area (Å²) >= 11 is 0.970. The van der Waals surface area contributed by atoms with E-state index in [0.29, 0.717) is 6.07 Å². The highest BCUT2D eigenvalue weighted by Crippen LogP contribution is 2.25. The van der Waals surface area contributed by atoms with Gasteiger partial charge in [0.2, 0.25) is 0 Å². The number of nitrogens with one attached hydrogen (secondary N) is 1. The van der Waals surface area contributed by atoms with Crippen LogP contribution in [0.5, 0.6) is 5.75 Å². The smallest absolute Gasteiger partial charge is 0.387 e. The van der Waals surface area contributed by atoms with Crippen molar-refractivity contribution in [1.29, 1.82) is 0 Å². The number of sulfonamides is 1. The van der Waals surface area contributed by atoms with Gasteiger partial charge < -0.3 is 4.74 Å². The molecule has 20 heavy (non-hydrogen) atoms. The second kappa shape index (κ2) is 5.71. The monoisotopic (exact) mass is 323 g/mol. The van der Waals surface area contributed by atoms with Crippen LogP contribution in [0.25, 0.3) is 0 Å². The Labute approximate surface area is 116 Å². The lowest BCUT2D eigenvalue weighted by molar-refractivity contribution is -0.0499. The van der Waals surface area contributed by atoms with Crippen molar-refractivity contribution in [2.75, 3.05) is 4.72 Å². The van der Waals surface area contributed by atoms with E-state index in [1.165, 1.54) is 12.1 Å². The summed E-state index contributed by atoms with van der Waals surface area (Å²) < 4.78 is 67.3. The zero-order chi connectivity index (χ0) is 14.8. The molecular formula is C11H8F3NO3S2. The molecule has 9 heteroatoms. The Morgan fingerprint density at radius 3 is 2.55 bits per heavy atom. The van der Waals surface area contributed by atoms with Crippen LogP contribution in [-0.2, 0) is 10.0 Å². The van der Waals surface area contributed by atoms with E-state index in [-0.39, 0.29) is 9.90 Å². The summed E-state index contributed by atoms with van der Waals surface area (Å²) in [4.78, 5) is 0. The van der Waals surface area contributed by atoms with E-state index in [1.807, 2.05) is 4.72 Å². The largest absolute Gasteiger partial charge is 0.435 e. The highest BCUT2D eigenvalue weighted by molar-refractivity contribution is 7.94. The lowest BCUT2D eigenvalue weighted by Crippen LogP contribution is -2.12. The summed E-state index contributed by atoms with van der Waals surface area (Å²) in [6, 6.07) is 5.63. The second-order valence-electron chi connectivity index (χ2n) is 3.56. The third-order valence-corrected chi connectivity index (χ3v) is 4.93. The number of rotatable bonds is 5. The van der Waals surface area contributed by atoms with Crippen LogP contribution in [0.2, 0.25) is 0 Å². The predicted molar refractivity (Wildman–Crippen MR) is 68.2 cm³/mol. The van der Waals surface area contributed by atoms with Crippen molar-refractivity contribution < 1.29 is 26.3 Å². The Morgan fingerprint density at radius 1 is 1.25 bits per heavy atom. The van der Waals surface area contributed by atoms with Crippen molar-refractivity contribution >= 4 is 27.0 Å². The molecule has 2 aromatic rings. The van der Waals surface area contributed by atoms with Crippen molar-refractivity contribution in [1.82, 2.24) is 0 Å². The first kappa shape index (κ1) is 14.7. The number of halogens is 3. The Hall–Kier alpha value is -1.74. The number of thiophene rings is 1. The SMILES string of the molecule is O=S(=O)(Nc1ccc(OC(F)F)cc1F)c1cccs1. The molecular weight excluding hydrogens is 315 g/mol. The standard InChI is InChI=1S/C11H8F3NO3S2/c12-8-6-7(18-11(13)14)3-4-9(8)15-20(16,17)10-2-1-5-19-10/h1-6,11,15H. The molecule has 1 heterocycles. The molecule has 0 aliphatic carbocycles. The van der Waals surface area contributed by atoms with Crippen molar-refractivity contribution in [3.05, 3.63) is 41.5 Å². The molecule has 0 aliphatic rings. The minimum atomic E-state index is -3.89. The molecule has 0 unspecified atom stereocenters. The summed E-state index contributed by atoms with van der Waals surface area (Å²) in [6.07, 6.45) is 0. The minimum Gasteiger partial charge on any atom is -0.435 e. The van der Waals surface area contributed by atoms with Gasteiger partial charge in [-0.05, 0) is 23.6 Å². The Bertz CT molecular complexity index is 687. The highest BCUT2D eigenvalue weighted by atomic mass is 32.2. The molecule has 2 rings (SSSR count). The van der Waals surface area contributed by atoms with Gasteiger partial charge in [0.05, 0.1) is 5.69 Å². The molecule has 4 nitrogen and oxygen atoms in total. The van der Waals surface area contributed by atoms with Gasteiger partial charge in [0.25, 0.3) is 10.0 Å². The molecule has 0 amide bonds. The van der Waals surface area contributed by atoms with Crippen LogP contribution in [-0.4, -0.2) is 15.0 Å².